The van der Waals surface area contributed by atoms with Crippen molar-refractivity contribution in [1.82, 2.24) is 14.0 Å². The second-order valence-corrected chi connectivity index (χ2v) is 8.17. The molecule has 0 amide bonds. The van der Waals surface area contributed by atoms with E-state index in [9.17, 15) is 13.5 Å². The summed E-state index contributed by atoms with van der Waals surface area (Å²) in [7, 11) is -3.53. The summed E-state index contributed by atoms with van der Waals surface area (Å²) < 4.78 is 28.8. The summed E-state index contributed by atoms with van der Waals surface area (Å²) in [6.07, 6.45) is 3.41. The zero-order valence-electron chi connectivity index (χ0n) is 11.7. The molecule has 2 heterocycles. The van der Waals surface area contributed by atoms with Crippen LogP contribution in [0.3, 0.4) is 0 Å². The summed E-state index contributed by atoms with van der Waals surface area (Å²) in [5, 5.41) is 9.95. The number of thiazole rings is 1. The van der Waals surface area contributed by atoms with E-state index in [-0.39, 0.29) is 18.6 Å². The van der Waals surface area contributed by atoms with E-state index >= 15 is 0 Å². The quantitative estimate of drug-likeness (QED) is 0.850. The van der Waals surface area contributed by atoms with Crippen LogP contribution in [0.2, 0.25) is 0 Å². The SMILES string of the molecule is Cc1cnc(C(C)NS(=O)(=O)N2CCCC(CO)C2)s1. The molecule has 8 heteroatoms. The molecule has 1 aromatic heterocycles. The minimum atomic E-state index is -3.53. The van der Waals surface area contributed by atoms with Crippen molar-refractivity contribution >= 4 is 21.5 Å². The molecule has 0 aromatic carbocycles. The van der Waals surface area contributed by atoms with Crippen LogP contribution in [0.4, 0.5) is 0 Å². The fourth-order valence-electron chi connectivity index (χ4n) is 2.31. The molecule has 0 aliphatic carbocycles. The first-order valence-corrected chi connectivity index (χ1v) is 8.98. The van der Waals surface area contributed by atoms with Crippen LogP contribution in [0.15, 0.2) is 6.20 Å². The van der Waals surface area contributed by atoms with Gasteiger partial charge in [0.05, 0.1) is 6.04 Å². The molecule has 114 valence electrons. The Kier molecular flexibility index (Phi) is 5.14. The van der Waals surface area contributed by atoms with Crippen LogP contribution >= 0.6 is 11.3 Å². The molecule has 0 bridgehead atoms. The molecule has 0 radical (unpaired) electrons. The first kappa shape index (κ1) is 15.8. The molecule has 20 heavy (non-hydrogen) atoms. The highest BCUT2D eigenvalue weighted by atomic mass is 32.2. The lowest BCUT2D eigenvalue weighted by Gasteiger charge is -2.31. The summed E-state index contributed by atoms with van der Waals surface area (Å²) in [6.45, 7) is 4.67. The normalized spacial score (nSPS) is 22.9. The van der Waals surface area contributed by atoms with E-state index < -0.39 is 10.2 Å². The standard InChI is InChI=1S/C12H21N3O3S2/c1-9-6-13-12(19-9)10(2)14-20(17,18)15-5-3-4-11(7-15)8-16/h6,10-11,14,16H,3-5,7-8H2,1-2H3. The van der Waals surface area contributed by atoms with Crippen molar-refractivity contribution in [2.75, 3.05) is 19.7 Å². The van der Waals surface area contributed by atoms with Gasteiger partial charge in [0.15, 0.2) is 0 Å². The first-order chi connectivity index (χ1) is 9.42. The number of nitrogens with zero attached hydrogens (tertiary/aromatic N) is 2. The number of aryl methyl sites for hydroxylation is 1. The molecule has 1 aliphatic rings. The number of aliphatic hydroxyl groups is 1. The van der Waals surface area contributed by atoms with Gasteiger partial charge in [-0.25, -0.2) is 4.98 Å². The molecule has 2 N–H and O–H groups in total. The van der Waals surface area contributed by atoms with Crippen molar-refractivity contribution in [2.24, 2.45) is 5.92 Å². The minimum absolute atomic E-state index is 0.0350. The van der Waals surface area contributed by atoms with Crippen LogP contribution in [-0.2, 0) is 10.2 Å². The average molecular weight is 319 g/mol. The number of rotatable bonds is 5. The molecular formula is C12H21N3O3S2. The van der Waals surface area contributed by atoms with Crippen molar-refractivity contribution in [3.63, 3.8) is 0 Å². The summed E-state index contributed by atoms with van der Waals surface area (Å²) in [5.41, 5.74) is 0. The second kappa shape index (κ2) is 6.48. The Hall–Kier alpha value is -0.540. The molecule has 1 aliphatic heterocycles. The smallest absolute Gasteiger partial charge is 0.280 e. The van der Waals surface area contributed by atoms with Crippen molar-refractivity contribution in [3.8, 4) is 0 Å². The summed E-state index contributed by atoms with van der Waals surface area (Å²) in [5.74, 6) is 0.0396. The van der Waals surface area contributed by atoms with Crippen LogP contribution in [0.25, 0.3) is 0 Å². The summed E-state index contributed by atoms with van der Waals surface area (Å²) in [6, 6.07) is -0.340. The number of hydrogen-bond acceptors (Lipinski definition) is 5. The van der Waals surface area contributed by atoms with Gasteiger partial charge in [-0.15, -0.1) is 11.3 Å². The van der Waals surface area contributed by atoms with E-state index in [1.165, 1.54) is 15.6 Å². The molecule has 1 aromatic rings. The lowest BCUT2D eigenvalue weighted by molar-refractivity contribution is 0.164. The number of piperidine rings is 1. The Morgan fingerprint density at radius 3 is 3.00 bits per heavy atom. The Morgan fingerprint density at radius 1 is 1.65 bits per heavy atom. The predicted molar refractivity (Wildman–Crippen MR) is 78.7 cm³/mol. The molecule has 0 saturated carbocycles. The highest BCUT2D eigenvalue weighted by Gasteiger charge is 2.30. The topological polar surface area (TPSA) is 82.5 Å². The Morgan fingerprint density at radius 2 is 2.40 bits per heavy atom. The molecular weight excluding hydrogens is 298 g/mol. The van der Waals surface area contributed by atoms with E-state index in [0.29, 0.717) is 13.1 Å². The van der Waals surface area contributed by atoms with Crippen molar-refractivity contribution in [1.29, 1.82) is 0 Å². The largest absolute Gasteiger partial charge is 0.396 e. The predicted octanol–water partition coefficient (Wildman–Crippen LogP) is 1.05. The van der Waals surface area contributed by atoms with Gasteiger partial charge in [0.1, 0.15) is 5.01 Å². The van der Waals surface area contributed by atoms with E-state index in [1.54, 1.807) is 13.1 Å². The zero-order valence-corrected chi connectivity index (χ0v) is 13.4. The van der Waals surface area contributed by atoms with Gasteiger partial charge in [-0.05, 0) is 32.6 Å². The summed E-state index contributed by atoms with van der Waals surface area (Å²) >= 11 is 1.49. The Labute approximate surface area is 124 Å². The van der Waals surface area contributed by atoms with E-state index in [0.717, 1.165) is 22.7 Å². The number of aliphatic hydroxyl groups excluding tert-OH is 1. The van der Waals surface area contributed by atoms with Crippen molar-refractivity contribution < 1.29 is 13.5 Å². The van der Waals surface area contributed by atoms with E-state index in [1.807, 2.05) is 6.92 Å². The van der Waals surface area contributed by atoms with Gasteiger partial charge >= 0.3 is 0 Å². The van der Waals surface area contributed by atoms with Crippen LogP contribution in [0.5, 0.6) is 0 Å². The maximum Gasteiger partial charge on any atom is 0.280 e. The third-order valence-electron chi connectivity index (χ3n) is 3.42. The lowest BCUT2D eigenvalue weighted by Crippen LogP contribution is -2.47. The average Bonchev–Trinajstić information content (AvgIpc) is 2.85. The van der Waals surface area contributed by atoms with Gasteiger partial charge in [-0.1, -0.05) is 0 Å². The number of aromatic nitrogens is 1. The molecule has 0 spiro atoms. The van der Waals surface area contributed by atoms with Crippen LogP contribution < -0.4 is 4.72 Å². The minimum Gasteiger partial charge on any atom is -0.396 e. The monoisotopic (exact) mass is 319 g/mol. The Balaban J connectivity index is 2.03. The Bertz CT molecular complexity index is 544. The maximum absolute atomic E-state index is 12.3. The van der Waals surface area contributed by atoms with Crippen molar-refractivity contribution in [3.05, 3.63) is 16.1 Å². The van der Waals surface area contributed by atoms with Crippen LogP contribution in [-0.4, -0.2) is 42.5 Å². The van der Waals surface area contributed by atoms with Gasteiger partial charge in [0.2, 0.25) is 0 Å². The van der Waals surface area contributed by atoms with Gasteiger partial charge in [0.25, 0.3) is 10.2 Å². The van der Waals surface area contributed by atoms with Gasteiger partial charge in [-0.3, -0.25) is 0 Å². The second-order valence-electron chi connectivity index (χ2n) is 5.20. The number of hydrogen-bond donors (Lipinski definition) is 2. The highest BCUT2D eigenvalue weighted by Crippen LogP contribution is 2.22. The van der Waals surface area contributed by atoms with Crippen LogP contribution in [0.1, 0.15) is 35.7 Å². The van der Waals surface area contributed by atoms with E-state index in [2.05, 4.69) is 9.71 Å². The molecule has 1 fully saturated rings. The molecule has 2 rings (SSSR count). The summed E-state index contributed by atoms with van der Waals surface area (Å²) in [4.78, 5) is 5.27. The van der Waals surface area contributed by atoms with Crippen molar-refractivity contribution in [2.45, 2.75) is 32.7 Å². The fourth-order valence-corrected chi connectivity index (χ4v) is 4.65. The van der Waals surface area contributed by atoms with Gasteiger partial charge in [0, 0.05) is 30.8 Å². The molecule has 2 unspecified atom stereocenters. The number of nitrogens with one attached hydrogen (secondary N) is 1. The zero-order chi connectivity index (χ0) is 14.8. The third-order valence-corrected chi connectivity index (χ3v) is 6.17. The fraction of sp³-hybridized carbons (Fsp3) is 0.750. The highest BCUT2D eigenvalue weighted by molar-refractivity contribution is 7.87. The molecule has 6 nitrogen and oxygen atoms in total. The molecule has 1 saturated heterocycles. The first-order valence-electron chi connectivity index (χ1n) is 6.73. The van der Waals surface area contributed by atoms with Crippen LogP contribution in [0, 0.1) is 12.8 Å². The maximum atomic E-state index is 12.3. The van der Waals surface area contributed by atoms with E-state index in [4.69, 9.17) is 0 Å². The lowest BCUT2D eigenvalue weighted by atomic mass is 10.0. The third kappa shape index (κ3) is 3.76. The van der Waals surface area contributed by atoms with Gasteiger partial charge in [-0.2, -0.15) is 17.4 Å². The van der Waals surface area contributed by atoms with Gasteiger partial charge < -0.3 is 5.11 Å². The molecule has 2 atom stereocenters.